The Hall–Kier alpha value is -2.87. The Morgan fingerprint density at radius 1 is 1.15 bits per heavy atom. The molecule has 0 radical (unpaired) electrons. The second-order valence-electron chi connectivity index (χ2n) is 6.39. The van der Waals surface area contributed by atoms with Gasteiger partial charge >= 0.3 is 5.69 Å². The quantitative estimate of drug-likeness (QED) is 0.604. The molecule has 1 aliphatic rings. The lowest BCUT2D eigenvalue weighted by Crippen LogP contribution is -2.36. The summed E-state index contributed by atoms with van der Waals surface area (Å²) in [6.07, 6.45) is 0. The molecule has 0 bridgehead atoms. The molecule has 1 aliphatic heterocycles. The molecule has 1 saturated heterocycles. The van der Waals surface area contributed by atoms with E-state index >= 15 is 0 Å². The number of nitro groups is 1. The molecule has 8 nitrogen and oxygen atoms in total. The van der Waals surface area contributed by atoms with Crippen molar-refractivity contribution in [2.45, 2.75) is 19.9 Å². The van der Waals surface area contributed by atoms with E-state index in [9.17, 15) is 10.1 Å². The minimum atomic E-state index is -0.434. The minimum absolute atomic E-state index is 0.0587. The third-order valence-electron chi connectivity index (χ3n) is 4.01. The monoisotopic (exact) mass is 357 g/mol. The van der Waals surface area contributed by atoms with Gasteiger partial charge in [-0.05, 0) is 44.2 Å². The van der Waals surface area contributed by atoms with Crippen LogP contribution in [0, 0.1) is 10.1 Å². The standard InChI is InChI=1S/C18H23N5O3/c1-13(2)19-17-8-7-16(23(24)25)18(21-17)20-14-3-5-15(6-4-14)22-9-11-26-12-10-22/h3-8,13H,9-12H2,1-2H3,(H2,19,20,21). The van der Waals surface area contributed by atoms with Crippen molar-refractivity contribution in [1.29, 1.82) is 0 Å². The highest BCUT2D eigenvalue weighted by Gasteiger charge is 2.17. The van der Waals surface area contributed by atoms with Crippen molar-refractivity contribution in [2.75, 3.05) is 41.8 Å². The summed E-state index contributed by atoms with van der Waals surface area (Å²) in [5.41, 5.74) is 1.80. The summed E-state index contributed by atoms with van der Waals surface area (Å²) in [5, 5.41) is 17.5. The highest BCUT2D eigenvalue weighted by molar-refractivity contribution is 5.69. The van der Waals surface area contributed by atoms with Gasteiger partial charge in [0.05, 0.1) is 18.1 Å². The predicted octanol–water partition coefficient (Wildman–Crippen LogP) is 3.39. The maximum atomic E-state index is 11.3. The second-order valence-corrected chi connectivity index (χ2v) is 6.39. The molecule has 0 atom stereocenters. The van der Waals surface area contributed by atoms with Crippen LogP contribution in [0.5, 0.6) is 0 Å². The van der Waals surface area contributed by atoms with Crippen LogP contribution in [0.25, 0.3) is 0 Å². The summed E-state index contributed by atoms with van der Waals surface area (Å²) in [5.74, 6) is 0.817. The molecular formula is C18H23N5O3. The molecule has 8 heteroatoms. The molecular weight excluding hydrogens is 334 g/mol. The van der Waals surface area contributed by atoms with Gasteiger partial charge in [-0.25, -0.2) is 4.98 Å². The number of aromatic nitrogens is 1. The summed E-state index contributed by atoms with van der Waals surface area (Å²) in [4.78, 5) is 17.5. The molecule has 0 amide bonds. The Morgan fingerprint density at radius 3 is 2.46 bits per heavy atom. The normalized spacial score (nSPS) is 14.3. The van der Waals surface area contributed by atoms with Crippen LogP contribution < -0.4 is 15.5 Å². The van der Waals surface area contributed by atoms with Crippen molar-refractivity contribution in [3.8, 4) is 0 Å². The highest BCUT2D eigenvalue weighted by Crippen LogP contribution is 2.28. The van der Waals surface area contributed by atoms with Crippen LogP contribution in [-0.4, -0.2) is 42.3 Å². The largest absolute Gasteiger partial charge is 0.378 e. The van der Waals surface area contributed by atoms with Crippen molar-refractivity contribution in [1.82, 2.24) is 4.98 Å². The Kier molecular flexibility index (Phi) is 5.52. The highest BCUT2D eigenvalue weighted by atomic mass is 16.6. The van der Waals surface area contributed by atoms with Crippen molar-refractivity contribution in [3.63, 3.8) is 0 Å². The van der Waals surface area contributed by atoms with Gasteiger partial charge in [0, 0.05) is 36.6 Å². The van der Waals surface area contributed by atoms with Crippen LogP contribution in [0.15, 0.2) is 36.4 Å². The molecule has 3 rings (SSSR count). The van der Waals surface area contributed by atoms with Crippen molar-refractivity contribution in [3.05, 3.63) is 46.5 Å². The van der Waals surface area contributed by atoms with E-state index in [1.165, 1.54) is 6.07 Å². The molecule has 26 heavy (non-hydrogen) atoms. The number of morpholine rings is 1. The third kappa shape index (κ3) is 4.40. The number of benzene rings is 1. The summed E-state index contributed by atoms with van der Waals surface area (Å²) in [6.45, 7) is 7.16. The van der Waals surface area contributed by atoms with E-state index in [0.29, 0.717) is 5.82 Å². The molecule has 1 fully saturated rings. The number of anilines is 4. The number of pyridine rings is 1. The van der Waals surface area contributed by atoms with Gasteiger partial charge in [0.2, 0.25) is 5.82 Å². The first-order valence-electron chi connectivity index (χ1n) is 8.64. The lowest BCUT2D eigenvalue weighted by Gasteiger charge is -2.28. The third-order valence-corrected chi connectivity index (χ3v) is 4.01. The van der Waals surface area contributed by atoms with Crippen LogP contribution in [-0.2, 0) is 4.74 Å². The Morgan fingerprint density at radius 2 is 1.85 bits per heavy atom. The second kappa shape index (κ2) is 8.01. The number of rotatable bonds is 6. The van der Waals surface area contributed by atoms with Crippen LogP contribution in [0.1, 0.15) is 13.8 Å². The SMILES string of the molecule is CC(C)Nc1ccc([N+](=O)[O-])c(Nc2ccc(N3CCOCC3)cc2)n1. The number of ether oxygens (including phenoxy) is 1. The summed E-state index contributed by atoms with van der Waals surface area (Å²) in [6, 6.07) is 11.1. The Bertz CT molecular complexity index is 758. The first-order valence-corrected chi connectivity index (χ1v) is 8.64. The number of hydrogen-bond acceptors (Lipinski definition) is 7. The van der Waals surface area contributed by atoms with Crippen LogP contribution >= 0.6 is 0 Å². The Labute approximate surface area is 152 Å². The fraction of sp³-hybridized carbons (Fsp3) is 0.389. The van der Waals surface area contributed by atoms with E-state index in [-0.39, 0.29) is 17.5 Å². The molecule has 0 aliphatic carbocycles. The minimum Gasteiger partial charge on any atom is -0.378 e. The van der Waals surface area contributed by atoms with E-state index in [0.717, 1.165) is 37.7 Å². The fourth-order valence-electron chi connectivity index (χ4n) is 2.78. The number of nitrogens with zero attached hydrogens (tertiary/aromatic N) is 3. The molecule has 1 aromatic heterocycles. The van der Waals surface area contributed by atoms with Gasteiger partial charge in [0.25, 0.3) is 0 Å². The molecule has 2 heterocycles. The van der Waals surface area contributed by atoms with Gasteiger partial charge < -0.3 is 20.3 Å². The van der Waals surface area contributed by atoms with Crippen LogP contribution in [0.3, 0.4) is 0 Å². The zero-order valence-corrected chi connectivity index (χ0v) is 14.9. The van der Waals surface area contributed by atoms with E-state index in [1.807, 2.05) is 38.1 Å². The number of hydrogen-bond donors (Lipinski definition) is 2. The van der Waals surface area contributed by atoms with Gasteiger partial charge in [-0.2, -0.15) is 0 Å². The first kappa shape index (κ1) is 17.9. The van der Waals surface area contributed by atoms with E-state index < -0.39 is 4.92 Å². The summed E-state index contributed by atoms with van der Waals surface area (Å²) >= 11 is 0. The van der Waals surface area contributed by atoms with E-state index in [4.69, 9.17) is 4.74 Å². The Balaban J connectivity index is 1.79. The first-order chi connectivity index (χ1) is 12.5. The smallest absolute Gasteiger partial charge is 0.311 e. The lowest BCUT2D eigenvalue weighted by molar-refractivity contribution is -0.384. The molecule has 1 aromatic carbocycles. The summed E-state index contributed by atoms with van der Waals surface area (Å²) in [7, 11) is 0. The van der Waals surface area contributed by atoms with E-state index in [2.05, 4.69) is 20.5 Å². The van der Waals surface area contributed by atoms with Crippen molar-refractivity contribution < 1.29 is 9.66 Å². The van der Waals surface area contributed by atoms with Gasteiger partial charge in [-0.1, -0.05) is 0 Å². The van der Waals surface area contributed by atoms with Gasteiger partial charge in [0.15, 0.2) is 0 Å². The molecule has 2 N–H and O–H groups in total. The molecule has 2 aromatic rings. The molecule has 0 spiro atoms. The predicted molar refractivity (Wildman–Crippen MR) is 102 cm³/mol. The van der Waals surface area contributed by atoms with Crippen LogP contribution in [0.4, 0.5) is 28.7 Å². The molecule has 0 unspecified atom stereocenters. The average molecular weight is 357 g/mol. The van der Waals surface area contributed by atoms with Gasteiger partial charge in [0.1, 0.15) is 5.82 Å². The topological polar surface area (TPSA) is 92.6 Å². The van der Waals surface area contributed by atoms with Crippen LogP contribution in [0.2, 0.25) is 0 Å². The van der Waals surface area contributed by atoms with Crippen molar-refractivity contribution in [2.24, 2.45) is 0 Å². The maximum Gasteiger partial charge on any atom is 0.311 e. The van der Waals surface area contributed by atoms with Gasteiger partial charge in [-0.15, -0.1) is 0 Å². The maximum absolute atomic E-state index is 11.3. The zero-order chi connectivity index (χ0) is 18.5. The molecule has 138 valence electrons. The molecule has 0 saturated carbocycles. The van der Waals surface area contributed by atoms with E-state index in [1.54, 1.807) is 6.07 Å². The zero-order valence-electron chi connectivity index (χ0n) is 14.9. The van der Waals surface area contributed by atoms with Gasteiger partial charge in [-0.3, -0.25) is 10.1 Å². The average Bonchev–Trinajstić information content (AvgIpc) is 2.62. The fourth-order valence-corrected chi connectivity index (χ4v) is 2.78. The summed E-state index contributed by atoms with van der Waals surface area (Å²) < 4.78 is 5.37. The van der Waals surface area contributed by atoms with Crippen molar-refractivity contribution >= 4 is 28.7 Å². The lowest BCUT2D eigenvalue weighted by atomic mass is 10.2. The number of nitrogens with one attached hydrogen (secondary N) is 2.